The second kappa shape index (κ2) is 5.57. The lowest BCUT2D eigenvalue weighted by Gasteiger charge is -2.12. The summed E-state index contributed by atoms with van der Waals surface area (Å²) in [6.07, 6.45) is 5.42. The van der Waals surface area contributed by atoms with Gasteiger partial charge in [-0.1, -0.05) is 18.6 Å². The van der Waals surface area contributed by atoms with Gasteiger partial charge in [0.1, 0.15) is 5.75 Å². The monoisotopic (exact) mass is 309 g/mol. The first-order valence-corrected chi connectivity index (χ1v) is 8.05. The van der Waals surface area contributed by atoms with Gasteiger partial charge in [-0.2, -0.15) is 0 Å². The minimum absolute atomic E-state index is 0.125. The highest BCUT2D eigenvalue weighted by atomic mass is 16.5. The standard InChI is InChI=1S/C18H19N3O2/c1-23-14-10-6-5-8-12(14)16-15-17(20-21-18(15)22)11-7-3-2-4-9-13(11)19-16/h5-6,8,10H,2-4,7,9H2,1H3,(H2,20,21,22). The average molecular weight is 309 g/mol. The third-order valence-corrected chi connectivity index (χ3v) is 4.61. The highest BCUT2D eigenvalue weighted by Crippen LogP contribution is 2.35. The normalized spacial score (nSPS) is 14.5. The zero-order valence-electron chi connectivity index (χ0n) is 13.1. The van der Waals surface area contributed by atoms with E-state index in [0.717, 1.165) is 48.2 Å². The second-order valence-electron chi connectivity index (χ2n) is 5.98. The van der Waals surface area contributed by atoms with Crippen molar-refractivity contribution < 1.29 is 4.74 Å². The van der Waals surface area contributed by atoms with E-state index in [1.165, 1.54) is 12.0 Å². The van der Waals surface area contributed by atoms with Crippen LogP contribution in [-0.2, 0) is 12.8 Å². The van der Waals surface area contributed by atoms with Crippen molar-refractivity contribution in [3.05, 3.63) is 45.9 Å². The molecule has 0 unspecified atom stereocenters. The van der Waals surface area contributed by atoms with E-state index in [0.29, 0.717) is 11.1 Å². The van der Waals surface area contributed by atoms with Gasteiger partial charge in [0.25, 0.3) is 5.56 Å². The number of pyridine rings is 1. The van der Waals surface area contributed by atoms with E-state index in [-0.39, 0.29) is 5.56 Å². The number of hydrogen-bond acceptors (Lipinski definition) is 3. The molecule has 1 aromatic carbocycles. The maximum absolute atomic E-state index is 12.4. The molecule has 118 valence electrons. The van der Waals surface area contributed by atoms with Gasteiger partial charge in [-0.3, -0.25) is 20.0 Å². The van der Waals surface area contributed by atoms with Gasteiger partial charge in [-0.25, -0.2) is 0 Å². The molecule has 5 heteroatoms. The molecule has 3 aromatic rings. The Morgan fingerprint density at radius 2 is 1.91 bits per heavy atom. The van der Waals surface area contributed by atoms with Crippen molar-refractivity contribution in [3.63, 3.8) is 0 Å². The number of para-hydroxylation sites is 1. The molecular formula is C18H19N3O2. The lowest BCUT2D eigenvalue weighted by molar-refractivity contribution is 0.416. The maximum Gasteiger partial charge on any atom is 0.274 e. The molecule has 0 saturated carbocycles. The molecule has 2 aromatic heterocycles. The molecule has 2 N–H and O–H groups in total. The maximum atomic E-state index is 12.4. The number of nitrogens with zero attached hydrogens (tertiary/aromatic N) is 1. The summed E-state index contributed by atoms with van der Waals surface area (Å²) in [5.74, 6) is 0.732. The van der Waals surface area contributed by atoms with E-state index in [9.17, 15) is 4.79 Å². The molecule has 0 aliphatic heterocycles. The van der Waals surface area contributed by atoms with Gasteiger partial charge in [0.15, 0.2) is 0 Å². The highest BCUT2D eigenvalue weighted by Gasteiger charge is 2.21. The van der Waals surface area contributed by atoms with Gasteiger partial charge < -0.3 is 4.74 Å². The number of fused-ring (bicyclic) bond motifs is 3. The Bertz CT molecular complexity index is 924. The number of methoxy groups -OCH3 is 1. The number of H-pyrrole nitrogens is 2. The molecule has 0 bridgehead atoms. The number of aromatic nitrogens is 3. The quantitative estimate of drug-likeness (QED) is 0.714. The lowest BCUT2D eigenvalue weighted by atomic mass is 10.0. The molecule has 0 radical (unpaired) electrons. The van der Waals surface area contributed by atoms with Gasteiger partial charge in [0.2, 0.25) is 0 Å². The molecular weight excluding hydrogens is 290 g/mol. The van der Waals surface area contributed by atoms with Crippen LogP contribution in [0, 0.1) is 0 Å². The fourth-order valence-electron chi connectivity index (χ4n) is 3.49. The number of nitrogens with one attached hydrogen (secondary N) is 2. The summed E-state index contributed by atoms with van der Waals surface area (Å²) in [5, 5.41) is 6.44. The lowest BCUT2D eigenvalue weighted by Crippen LogP contribution is -2.05. The first kappa shape index (κ1) is 14.1. The van der Waals surface area contributed by atoms with Crippen LogP contribution in [0.2, 0.25) is 0 Å². The molecule has 1 aliphatic rings. The van der Waals surface area contributed by atoms with Gasteiger partial charge in [-0.05, 0) is 43.4 Å². The summed E-state index contributed by atoms with van der Waals surface area (Å²) in [7, 11) is 1.64. The van der Waals surface area contributed by atoms with Gasteiger partial charge in [0.05, 0.1) is 23.7 Å². The minimum Gasteiger partial charge on any atom is -0.496 e. The van der Waals surface area contributed by atoms with Crippen LogP contribution in [0.3, 0.4) is 0 Å². The predicted octanol–water partition coefficient (Wildman–Crippen LogP) is 3.20. The van der Waals surface area contributed by atoms with E-state index in [1.54, 1.807) is 7.11 Å². The smallest absolute Gasteiger partial charge is 0.274 e. The highest BCUT2D eigenvalue weighted by molar-refractivity contribution is 5.95. The third kappa shape index (κ3) is 2.23. The first-order valence-electron chi connectivity index (χ1n) is 8.05. The van der Waals surface area contributed by atoms with Gasteiger partial charge in [0, 0.05) is 11.3 Å². The largest absolute Gasteiger partial charge is 0.496 e. The number of aromatic amines is 2. The molecule has 4 rings (SSSR count). The zero-order valence-corrected chi connectivity index (χ0v) is 13.1. The van der Waals surface area contributed by atoms with Crippen molar-refractivity contribution in [2.24, 2.45) is 0 Å². The Morgan fingerprint density at radius 1 is 1.09 bits per heavy atom. The van der Waals surface area contributed by atoms with Crippen LogP contribution in [-0.4, -0.2) is 22.3 Å². The third-order valence-electron chi connectivity index (χ3n) is 4.61. The van der Waals surface area contributed by atoms with Crippen LogP contribution in [0.5, 0.6) is 5.75 Å². The van der Waals surface area contributed by atoms with Gasteiger partial charge in [-0.15, -0.1) is 0 Å². The van der Waals surface area contributed by atoms with Crippen LogP contribution in [0.15, 0.2) is 29.1 Å². The summed E-state index contributed by atoms with van der Waals surface area (Å²) >= 11 is 0. The number of rotatable bonds is 2. The number of hydrogen-bond donors (Lipinski definition) is 2. The fraction of sp³-hybridized carbons (Fsp3) is 0.333. The Labute approximate surface area is 133 Å². The Morgan fingerprint density at radius 3 is 2.78 bits per heavy atom. The molecule has 0 amide bonds. The molecule has 2 heterocycles. The molecule has 5 nitrogen and oxygen atoms in total. The number of benzene rings is 1. The first-order chi connectivity index (χ1) is 11.3. The number of aryl methyl sites for hydroxylation is 2. The van der Waals surface area contributed by atoms with Crippen LogP contribution in [0.25, 0.3) is 22.2 Å². The molecule has 0 atom stereocenters. The molecule has 0 fully saturated rings. The van der Waals surface area contributed by atoms with E-state index in [2.05, 4.69) is 10.2 Å². The van der Waals surface area contributed by atoms with E-state index >= 15 is 0 Å². The van der Waals surface area contributed by atoms with Crippen LogP contribution in [0.4, 0.5) is 0 Å². The second-order valence-corrected chi connectivity index (χ2v) is 5.98. The average Bonchev–Trinajstić information content (AvgIpc) is 2.82. The summed E-state index contributed by atoms with van der Waals surface area (Å²) in [5.41, 5.74) is 4.64. The van der Waals surface area contributed by atoms with Crippen molar-refractivity contribution in [2.45, 2.75) is 32.1 Å². The SMILES string of the molecule is COc1ccccc1-c1nc2c(c3[nH][nH]c(=O)c13)CCCCC2. The van der Waals surface area contributed by atoms with Crippen molar-refractivity contribution in [3.8, 4) is 17.0 Å². The van der Waals surface area contributed by atoms with Crippen molar-refractivity contribution in [1.82, 2.24) is 15.2 Å². The van der Waals surface area contributed by atoms with E-state index < -0.39 is 0 Å². The van der Waals surface area contributed by atoms with Crippen LogP contribution >= 0.6 is 0 Å². The summed E-state index contributed by atoms with van der Waals surface area (Å²) in [6.45, 7) is 0. The summed E-state index contributed by atoms with van der Waals surface area (Å²) in [4.78, 5) is 17.3. The minimum atomic E-state index is -0.125. The van der Waals surface area contributed by atoms with Crippen molar-refractivity contribution in [1.29, 1.82) is 0 Å². The molecule has 0 spiro atoms. The molecule has 1 aliphatic carbocycles. The van der Waals surface area contributed by atoms with E-state index in [4.69, 9.17) is 9.72 Å². The summed E-state index contributed by atoms with van der Waals surface area (Å²) in [6, 6.07) is 7.72. The van der Waals surface area contributed by atoms with Crippen molar-refractivity contribution >= 4 is 10.9 Å². The Kier molecular flexibility index (Phi) is 3.41. The summed E-state index contributed by atoms with van der Waals surface area (Å²) < 4.78 is 5.47. The van der Waals surface area contributed by atoms with Crippen LogP contribution in [0.1, 0.15) is 30.5 Å². The topological polar surface area (TPSA) is 70.8 Å². The van der Waals surface area contributed by atoms with Crippen LogP contribution < -0.4 is 10.3 Å². The van der Waals surface area contributed by atoms with E-state index in [1.807, 2.05) is 24.3 Å². The zero-order chi connectivity index (χ0) is 15.8. The predicted molar refractivity (Wildman–Crippen MR) is 90.0 cm³/mol. The molecule has 0 saturated heterocycles. The van der Waals surface area contributed by atoms with Gasteiger partial charge >= 0.3 is 0 Å². The van der Waals surface area contributed by atoms with Crippen molar-refractivity contribution in [2.75, 3.05) is 7.11 Å². The Hall–Kier alpha value is -2.56. The fourth-order valence-corrected chi connectivity index (χ4v) is 3.49. The Balaban J connectivity index is 2.07. The molecule has 23 heavy (non-hydrogen) atoms. The number of ether oxygens (including phenoxy) is 1.